The van der Waals surface area contributed by atoms with Crippen molar-refractivity contribution in [2.24, 2.45) is 0 Å². The number of benzene rings is 15. The maximum atomic E-state index is 2.57. The molecule has 96 heavy (non-hydrogen) atoms. The molecule has 0 radical (unpaired) electrons. The van der Waals surface area contributed by atoms with Crippen molar-refractivity contribution in [3.05, 3.63) is 340 Å². The van der Waals surface area contributed by atoms with Crippen molar-refractivity contribution in [3.63, 3.8) is 0 Å². The summed E-state index contributed by atoms with van der Waals surface area (Å²) in [5.41, 5.74) is 24.5. The number of rotatable bonds is 8. The molecule has 15 aromatic carbocycles. The Hall–Kier alpha value is -12.9. The number of aromatic nitrogens is 6. The zero-order chi connectivity index (χ0) is 62.7. The molecule has 0 aliphatic heterocycles. The topological polar surface area (TPSA) is 29.6 Å². The van der Waals surface area contributed by atoms with E-state index in [4.69, 9.17) is 0 Å². The molecule has 0 saturated carbocycles. The van der Waals surface area contributed by atoms with E-state index in [-0.39, 0.29) is 0 Å². The Labute approximate surface area is 551 Å². The monoisotopic (exact) mass is 1220 g/mol. The first-order chi connectivity index (χ1) is 47.7. The highest BCUT2D eigenvalue weighted by Gasteiger charge is 2.28. The molecular weight excluding hydrogens is 1170 g/mol. The average molecular weight is 1220 g/mol. The molecule has 6 aromatic heterocycles. The van der Waals surface area contributed by atoms with E-state index in [9.17, 15) is 0 Å². The number of fused-ring (bicyclic) bond motifs is 18. The lowest BCUT2D eigenvalue weighted by Gasteiger charge is -2.25. The van der Waals surface area contributed by atoms with Crippen LogP contribution in [-0.4, -0.2) is 27.4 Å². The smallest absolute Gasteiger partial charge is 0.0562 e. The lowest BCUT2D eigenvalue weighted by molar-refractivity contribution is 1.12. The third-order valence-corrected chi connectivity index (χ3v) is 20.6. The van der Waals surface area contributed by atoms with E-state index in [0.29, 0.717) is 0 Å². The third-order valence-electron chi connectivity index (χ3n) is 20.6. The quantitative estimate of drug-likeness (QED) is 0.145. The highest BCUT2D eigenvalue weighted by Crippen LogP contribution is 2.49. The van der Waals surface area contributed by atoms with Crippen LogP contribution in [-0.2, 0) is 0 Å². The highest BCUT2D eigenvalue weighted by atomic mass is 15.0. The number of nitrogens with zero attached hydrogens (tertiary/aromatic N) is 6. The van der Waals surface area contributed by atoms with Crippen LogP contribution >= 0.6 is 0 Å². The third kappa shape index (κ3) is 7.40. The molecule has 21 aromatic rings. The summed E-state index contributed by atoms with van der Waals surface area (Å²) in [5, 5.41) is 14.5. The van der Waals surface area contributed by atoms with Gasteiger partial charge in [0.15, 0.2) is 0 Å². The Morgan fingerprint density at radius 2 is 0.344 bits per heavy atom. The van der Waals surface area contributed by atoms with Gasteiger partial charge in [0.05, 0.1) is 88.9 Å². The van der Waals surface area contributed by atoms with E-state index in [1.54, 1.807) is 0 Å². The number of hydrogen-bond acceptors (Lipinski definition) is 0. The first-order valence-electron chi connectivity index (χ1n) is 33.1. The molecule has 0 fully saturated rings. The molecule has 0 atom stereocenters. The Morgan fingerprint density at radius 1 is 0.125 bits per heavy atom. The van der Waals surface area contributed by atoms with Crippen LogP contribution in [0.5, 0.6) is 0 Å². The van der Waals surface area contributed by atoms with Crippen molar-refractivity contribution in [2.45, 2.75) is 0 Å². The summed E-state index contributed by atoms with van der Waals surface area (Å²) >= 11 is 0. The van der Waals surface area contributed by atoms with Gasteiger partial charge in [-0.1, -0.05) is 224 Å². The predicted molar refractivity (Wildman–Crippen MR) is 403 cm³/mol. The molecule has 6 heterocycles. The molecule has 0 aliphatic rings. The number of para-hydroxylation sites is 12. The Kier molecular flexibility index (Phi) is 11.1. The van der Waals surface area contributed by atoms with Crippen LogP contribution in [0.25, 0.3) is 187 Å². The lowest BCUT2D eigenvalue weighted by atomic mass is 9.93. The van der Waals surface area contributed by atoms with Crippen LogP contribution in [0, 0.1) is 0 Å². The molecular formula is C90H56N6. The second-order valence-electron chi connectivity index (χ2n) is 25.5. The van der Waals surface area contributed by atoms with E-state index in [1.807, 2.05) is 0 Å². The second-order valence-corrected chi connectivity index (χ2v) is 25.5. The molecule has 0 amide bonds. The normalized spacial score (nSPS) is 12.2. The van der Waals surface area contributed by atoms with Gasteiger partial charge in [-0.15, -0.1) is 0 Å². The molecule has 6 nitrogen and oxygen atoms in total. The molecule has 0 N–H and O–H groups in total. The molecule has 446 valence electrons. The molecule has 0 saturated heterocycles. The van der Waals surface area contributed by atoms with Crippen LogP contribution in [0.1, 0.15) is 0 Å². The molecule has 0 bridgehead atoms. The van der Waals surface area contributed by atoms with Crippen LogP contribution in [0.3, 0.4) is 0 Å². The fourth-order valence-corrected chi connectivity index (χ4v) is 16.7. The first-order valence-corrected chi connectivity index (χ1v) is 33.1. The van der Waals surface area contributed by atoms with Crippen LogP contribution in [0.4, 0.5) is 0 Å². The van der Waals surface area contributed by atoms with E-state index in [0.717, 1.165) is 112 Å². The summed E-state index contributed by atoms with van der Waals surface area (Å²) in [7, 11) is 0. The van der Waals surface area contributed by atoms with Crippen molar-refractivity contribution >= 4 is 131 Å². The summed E-state index contributed by atoms with van der Waals surface area (Å²) in [4.78, 5) is 0. The van der Waals surface area contributed by atoms with E-state index >= 15 is 0 Å². The van der Waals surface area contributed by atoms with E-state index in [2.05, 4.69) is 367 Å². The van der Waals surface area contributed by atoms with Gasteiger partial charge in [0.25, 0.3) is 0 Å². The Morgan fingerprint density at radius 3 is 0.677 bits per heavy atom. The van der Waals surface area contributed by atoms with Crippen LogP contribution < -0.4 is 0 Å². The van der Waals surface area contributed by atoms with Gasteiger partial charge in [-0.05, 0) is 115 Å². The standard InChI is InChI=1S/C90H56N6/c1-13-37-75-59(25-1)60-26-2-14-38-76(60)91(75)57-50-52-87-72(53-57)69-35-11-24-48-86(69)96(87)89-56-74(71-51-49-58(92-77-39-15-3-27-61(77)62-28-4-16-40-78(62)92)54-88(71)94-81-43-19-7-31-65(81)66-32-8-20-44-82(66)94)90(95-83-45-21-9-33-67(83)68-34-10-22-46-84(68)95)55-73(89)70-36-12-23-47-85(70)93-79-41-17-5-29-63(79)64-30-6-18-42-80(64)93/h1-56H. The minimum atomic E-state index is 1.05. The SMILES string of the molecule is c1ccc(-n2c3ccccc3c3ccccc32)c(-c2cc(-n3c4ccccc4c4ccccc43)c(-c3ccc(-n4c5ccccc5c5ccccc54)cc3-n3c4ccccc4c4ccccc43)cc2-n2c3ccccc3c3cc(-n4c5ccccc5c5ccccc54)ccc32)c1. The van der Waals surface area contributed by atoms with Gasteiger partial charge in [0.1, 0.15) is 0 Å². The van der Waals surface area contributed by atoms with E-state index < -0.39 is 0 Å². The van der Waals surface area contributed by atoms with Crippen molar-refractivity contribution in [1.82, 2.24) is 27.4 Å². The minimum absolute atomic E-state index is 1.05. The van der Waals surface area contributed by atoms with Crippen molar-refractivity contribution in [3.8, 4) is 56.4 Å². The van der Waals surface area contributed by atoms with Crippen molar-refractivity contribution in [1.29, 1.82) is 0 Å². The van der Waals surface area contributed by atoms with Gasteiger partial charge < -0.3 is 27.4 Å². The summed E-state index contributed by atoms with van der Waals surface area (Å²) < 4.78 is 15.1. The maximum Gasteiger partial charge on any atom is 0.0562 e. The maximum absolute atomic E-state index is 2.57. The molecule has 21 rings (SSSR count). The van der Waals surface area contributed by atoms with Crippen LogP contribution in [0.15, 0.2) is 340 Å². The van der Waals surface area contributed by atoms with Gasteiger partial charge in [0, 0.05) is 98.3 Å². The van der Waals surface area contributed by atoms with Crippen molar-refractivity contribution in [2.75, 3.05) is 0 Å². The van der Waals surface area contributed by atoms with Gasteiger partial charge >= 0.3 is 0 Å². The van der Waals surface area contributed by atoms with Gasteiger partial charge in [-0.3, -0.25) is 0 Å². The van der Waals surface area contributed by atoms with Crippen LogP contribution in [0.2, 0.25) is 0 Å². The van der Waals surface area contributed by atoms with Crippen molar-refractivity contribution < 1.29 is 0 Å². The first kappa shape index (κ1) is 52.7. The van der Waals surface area contributed by atoms with Gasteiger partial charge in [0.2, 0.25) is 0 Å². The molecule has 6 heteroatoms. The largest absolute Gasteiger partial charge is 0.309 e. The van der Waals surface area contributed by atoms with E-state index in [1.165, 1.54) is 75.7 Å². The fraction of sp³-hybridized carbons (Fsp3) is 0. The zero-order valence-electron chi connectivity index (χ0n) is 52.0. The minimum Gasteiger partial charge on any atom is -0.309 e. The Bertz CT molecular complexity index is 6580. The molecule has 0 spiro atoms. The molecule has 0 unspecified atom stereocenters. The fourth-order valence-electron chi connectivity index (χ4n) is 16.7. The summed E-state index contributed by atoms with van der Waals surface area (Å²) in [6.07, 6.45) is 0. The number of hydrogen-bond donors (Lipinski definition) is 0. The zero-order valence-corrected chi connectivity index (χ0v) is 52.0. The average Bonchev–Trinajstić information content (AvgIpc) is 1.44. The highest BCUT2D eigenvalue weighted by molar-refractivity contribution is 6.17. The molecule has 0 aliphatic carbocycles. The second kappa shape index (κ2) is 20.3. The summed E-state index contributed by atoms with van der Waals surface area (Å²) in [5.74, 6) is 0. The van der Waals surface area contributed by atoms with Gasteiger partial charge in [-0.2, -0.15) is 0 Å². The van der Waals surface area contributed by atoms with Gasteiger partial charge in [-0.25, -0.2) is 0 Å². The predicted octanol–water partition coefficient (Wildman–Crippen LogP) is 23.6. The summed E-state index contributed by atoms with van der Waals surface area (Å²) in [6.45, 7) is 0. The Balaban J connectivity index is 0.944. The summed E-state index contributed by atoms with van der Waals surface area (Å²) in [6, 6.07) is 127. The lowest BCUT2D eigenvalue weighted by Crippen LogP contribution is -2.07.